The van der Waals surface area contributed by atoms with Crippen LogP contribution < -0.4 is 5.32 Å². The number of benzene rings is 2. The molecular weight excluding hydrogens is 403 g/mol. The van der Waals surface area contributed by atoms with E-state index in [9.17, 15) is 9.18 Å². The first-order valence-electron chi connectivity index (χ1n) is 10.3. The predicted octanol–water partition coefficient (Wildman–Crippen LogP) is 4.56. The fourth-order valence-corrected chi connectivity index (χ4v) is 4.30. The van der Waals surface area contributed by atoms with Gasteiger partial charge in [-0.05, 0) is 47.5 Å². The molecule has 0 bridgehead atoms. The monoisotopic (exact) mass is 422 g/mol. The summed E-state index contributed by atoms with van der Waals surface area (Å²) in [6.07, 6.45) is 4.14. The number of fused-ring (bicyclic) bond motifs is 1. The Balaban J connectivity index is 1.78. The van der Waals surface area contributed by atoms with Gasteiger partial charge in [0, 0.05) is 48.7 Å². The van der Waals surface area contributed by atoms with Crippen molar-refractivity contribution in [2.45, 2.75) is 13.0 Å². The van der Waals surface area contributed by atoms with Crippen LogP contribution in [0.5, 0.6) is 0 Å². The molecule has 0 aliphatic carbocycles. The van der Waals surface area contributed by atoms with Crippen molar-refractivity contribution in [3.63, 3.8) is 0 Å². The second-order valence-corrected chi connectivity index (χ2v) is 7.69. The lowest BCUT2D eigenvalue weighted by Crippen LogP contribution is -2.32. The van der Waals surface area contributed by atoms with E-state index in [-0.39, 0.29) is 11.7 Å². The highest BCUT2D eigenvalue weighted by atomic mass is 19.1. The number of nitrogens with zero attached hydrogens (tertiary/aromatic N) is 3. The molecule has 0 saturated heterocycles. The molecule has 5 rings (SSSR count). The van der Waals surface area contributed by atoms with Crippen LogP contribution in [-0.4, -0.2) is 22.0 Å². The van der Waals surface area contributed by atoms with Crippen LogP contribution in [0.15, 0.2) is 73.1 Å². The number of halogens is 1. The number of carbonyl (C=O) groups excluding carboxylic acids is 1. The minimum Gasteiger partial charge on any atom is -0.352 e. The molecule has 0 radical (unpaired) electrons. The van der Waals surface area contributed by atoms with Gasteiger partial charge in [0.1, 0.15) is 5.82 Å². The van der Waals surface area contributed by atoms with Crippen LogP contribution in [0.4, 0.5) is 4.39 Å². The lowest BCUT2D eigenvalue weighted by Gasteiger charge is -2.18. The Morgan fingerprint density at radius 3 is 2.38 bits per heavy atom. The number of carbonyl (C=O) groups is 1. The Kier molecular flexibility index (Phi) is 5.00. The van der Waals surface area contributed by atoms with Gasteiger partial charge in [-0.15, -0.1) is 0 Å². The Morgan fingerprint density at radius 1 is 0.969 bits per heavy atom. The van der Waals surface area contributed by atoms with Crippen molar-refractivity contribution < 1.29 is 9.18 Å². The maximum Gasteiger partial charge on any atom is 0.253 e. The molecule has 1 aliphatic rings. The van der Waals surface area contributed by atoms with Crippen LogP contribution in [0.3, 0.4) is 0 Å². The van der Waals surface area contributed by atoms with E-state index in [0.717, 1.165) is 33.6 Å². The zero-order valence-corrected chi connectivity index (χ0v) is 17.2. The average molecular weight is 422 g/mol. The van der Waals surface area contributed by atoms with Crippen LogP contribution in [-0.2, 0) is 13.0 Å². The van der Waals surface area contributed by atoms with Gasteiger partial charge in [-0.1, -0.05) is 24.3 Å². The quantitative estimate of drug-likeness (QED) is 0.524. The normalized spacial score (nSPS) is 12.7. The van der Waals surface area contributed by atoms with Crippen molar-refractivity contribution in [2.24, 2.45) is 0 Å². The average Bonchev–Trinajstić information content (AvgIpc) is 3.16. The van der Waals surface area contributed by atoms with Crippen molar-refractivity contribution in [3.05, 3.63) is 101 Å². The summed E-state index contributed by atoms with van der Waals surface area (Å²) >= 11 is 0. The Bertz CT molecular complexity index is 1330. The van der Waals surface area contributed by atoms with Gasteiger partial charge in [0.2, 0.25) is 0 Å². The fraction of sp³-hybridized carbons (Fsp3) is 0.115. The van der Waals surface area contributed by atoms with Crippen LogP contribution in [0.2, 0.25) is 0 Å². The lowest BCUT2D eigenvalue weighted by molar-refractivity contribution is 0.0946. The molecule has 3 heterocycles. The highest BCUT2D eigenvalue weighted by Crippen LogP contribution is 2.41. The van der Waals surface area contributed by atoms with E-state index in [1.807, 2.05) is 24.3 Å². The fourth-order valence-electron chi connectivity index (χ4n) is 4.30. The summed E-state index contributed by atoms with van der Waals surface area (Å²) in [7, 11) is 0. The molecule has 156 valence electrons. The maximum atomic E-state index is 13.7. The molecule has 5 nitrogen and oxygen atoms in total. The second-order valence-electron chi connectivity index (χ2n) is 7.69. The Morgan fingerprint density at radius 2 is 1.69 bits per heavy atom. The standard InChI is InChI=1S/C26H19FN4O/c27-21-7-5-19(6-8-21)23-24-22(11-14-30-26(24)32)31(25(23)20-9-12-29-13-10-20)16-18-3-1-17(15-28)2-4-18/h1-10,12-13H,11,14,16H2,(H,30,32). The van der Waals surface area contributed by atoms with E-state index < -0.39 is 0 Å². The van der Waals surface area contributed by atoms with Gasteiger partial charge >= 0.3 is 0 Å². The van der Waals surface area contributed by atoms with Crippen molar-refractivity contribution in [1.82, 2.24) is 14.9 Å². The summed E-state index contributed by atoms with van der Waals surface area (Å²) in [5.74, 6) is -0.450. The highest BCUT2D eigenvalue weighted by Gasteiger charge is 2.31. The zero-order valence-electron chi connectivity index (χ0n) is 17.2. The summed E-state index contributed by atoms with van der Waals surface area (Å²) in [5.41, 5.74) is 6.59. The van der Waals surface area contributed by atoms with Gasteiger partial charge in [0.05, 0.1) is 22.9 Å². The number of amides is 1. The van der Waals surface area contributed by atoms with Gasteiger partial charge in [0.25, 0.3) is 5.91 Å². The van der Waals surface area contributed by atoms with E-state index in [1.54, 1.807) is 36.7 Å². The third kappa shape index (κ3) is 3.44. The molecule has 0 saturated carbocycles. The second kappa shape index (κ2) is 8.12. The van der Waals surface area contributed by atoms with Crippen molar-refractivity contribution in [3.8, 4) is 28.5 Å². The number of nitriles is 1. The maximum absolute atomic E-state index is 13.7. The molecule has 0 unspecified atom stereocenters. The molecule has 32 heavy (non-hydrogen) atoms. The number of hydrogen-bond acceptors (Lipinski definition) is 3. The molecule has 2 aromatic carbocycles. The molecule has 0 atom stereocenters. The summed E-state index contributed by atoms with van der Waals surface area (Å²) in [4.78, 5) is 17.2. The number of nitrogens with one attached hydrogen (secondary N) is 1. The van der Waals surface area contributed by atoms with Crippen molar-refractivity contribution in [1.29, 1.82) is 5.26 Å². The van der Waals surface area contributed by atoms with E-state index in [4.69, 9.17) is 5.26 Å². The number of rotatable bonds is 4. The first-order chi connectivity index (χ1) is 15.7. The van der Waals surface area contributed by atoms with Gasteiger partial charge in [0.15, 0.2) is 0 Å². The molecule has 1 amide bonds. The van der Waals surface area contributed by atoms with Gasteiger partial charge < -0.3 is 9.88 Å². The van der Waals surface area contributed by atoms with Gasteiger partial charge in [-0.25, -0.2) is 4.39 Å². The van der Waals surface area contributed by atoms with E-state index in [0.29, 0.717) is 30.6 Å². The highest BCUT2D eigenvalue weighted by molar-refractivity contribution is 6.07. The van der Waals surface area contributed by atoms with Gasteiger partial charge in [-0.2, -0.15) is 5.26 Å². The van der Waals surface area contributed by atoms with E-state index in [2.05, 4.69) is 20.9 Å². The summed E-state index contributed by atoms with van der Waals surface area (Å²) < 4.78 is 15.9. The van der Waals surface area contributed by atoms with Crippen LogP contribution in [0.1, 0.15) is 27.2 Å². The molecule has 0 fully saturated rings. The minimum absolute atomic E-state index is 0.126. The summed E-state index contributed by atoms with van der Waals surface area (Å²) in [5, 5.41) is 12.1. The zero-order chi connectivity index (χ0) is 22.1. The molecule has 1 N–H and O–H groups in total. The smallest absolute Gasteiger partial charge is 0.253 e. The predicted molar refractivity (Wildman–Crippen MR) is 119 cm³/mol. The lowest BCUT2D eigenvalue weighted by atomic mass is 9.95. The third-order valence-electron chi connectivity index (χ3n) is 5.76. The molecule has 4 aromatic rings. The third-order valence-corrected chi connectivity index (χ3v) is 5.76. The largest absolute Gasteiger partial charge is 0.352 e. The van der Waals surface area contributed by atoms with Crippen LogP contribution in [0, 0.1) is 17.1 Å². The first kappa shape index (κ1) is 19.7. The molecule has 6 heteroatoms. The van der Waals surface area contributed by atoms with Crippen molar-refractivity contribution in [2.75, 3.05) is 6.54 Å². The SMILES string of the molecule is N#Cc1ccc(Cn2c3c(c(-c4ccc(F)cc4)c2-c2ccncc2)C(=O)NCC3)cc1. The topological polar surface area (TPSA) is 70.7 Å². The molecule has 2 aromatic heterocycles. The number of hydrogen-bond donors (Lipinski definition) is 1. The van der Waals surface area contributed by atoms with Crippen LogP contribution in [0.25, 0.3) is 22.4 Å². The number of pyridine rings is 1. The Hall–Kier alpha value is -4.24. The Labute approximate surface area is 184 Å². The molecule has 0 spiro atoms. The van der Waals surface area contributed by atoms with Gasteiger partial charge in [-0.3, -0.25) is 9.78 Å². The molecular formula is C26H19FN4O. The van der Waals surface area contributed by atoms with E-state index in [1.165, 1.54) is 12.1 Å². The first-order valence-corrected chi connectivity index (χ1v) is 10.3. The summed E-state index contributed by atoms with van der Waals surface area (Å²) in [6, 6.07) is 19.7. The molecule has 1 aliphatic heterocycles. The minimum atomic E-state index is -0.324. The van der Waals surface area contributed by atoms with Crippen molar-refractivity contribution >= 4 is 5.91 Å². The summed E-state index contributed by atoms with van der Waals surface area (Å²) in [6.45, 7) is 1.10. The van der Waals surface area contributed by atoms with E-state index >= 15 is 0 Å². The van der Waals surface area contributed by atoms with Crippen LogP contribution >= 0.6 is 0 Å². The number of aromatic nitrogens is 2.